The Balaban J connectivity index is 2.21. The number of nitrogens with one attached hydrogen (secondary N) is 1. The lowest BCUT2D eigenvalue weighted by molar-refractivity contribution is -0.121. The second kappa shape index (κ2) is 11.5. The van der Waals surface area contributed by atoms with E-state index in [1.807, 2.05) is 19.9 Å². The summed E-state index contributed by atoms with van der Waals surface area (Å²) in [7, 11) is -2.42. The van der Waals surface area contributed by atoms with Crippen molar-refractivity contribution in [2.75, 3.05) is 33.4 Å². The van der Waals surface area contributed by atoms with Crippen LogP contribution in [0.25, 0.3) is 0 Å². The third kappa shape index (κ3) is 6.69. The summed E-state index contributed by atoms with van der Waals surface area (Å²) < 4.78 is 39.1. The van der Waals surface area contributed by atoms with Crippen molar-refractivity contribution in [3.05, 3.63) is 23.8 Å². The zero-order chi connectivity index (χ0) is 21.3. The minimum absolute atomic E-state index is 0.120. The third-order valence-corrected chi connectivity index (χ3v) is 7.10. The molecule has 1 aromatic rings. The highest BCUT2D eigenvalue weighted by atomic mass is 32.2. The maximum atomic E-state index is 13.6. The fraction of sp³-hybridized carbons (Fsp3) is 0.667. The van der Waals surface area contributed by atoms with E-state index in [0.717, 1.165) is 37.7 Å². The number of methoxy groups -OCH3 is 1. The van der Waals surface area contributed by atoms with Gasteiger partial charge in [0.05, 0.1) is 13.7 Å². The quantitative estimate of drug-likeness (QED) is 0.550. The molecule has 0 atom stereocenters. The van der Waals surface area contributed by atoms with Crippen molar-refractivity contribution in [1.82, 2.24) is 9.62 Å². The Kier molecular flexibility index (Phi) is 9.39. The van der Waals surface area contributed by atoms with Crippen LogP contribution in [0.5, 0.6) is 5.75 Å². The van der Waals surface area contributed by atoms with Crippen molar-refractivity contribution in [3.8, 4) is 5.75 Å². The minimum atomic E-state index is -3.88. The zero-order valence-electron chi connectivity index (χ0n) is 17.8. The van der Waals surface area contributed by atoms with Crippen LogP contribution in [-0.4, -0.2) is 58.1 Å². The first kappa shape index (κ1) is 23.6. The summed E-state index contributed by atoms with van der Waals surface area (Å²) in [5.41, 5.74) is 0.827. The molecule has 8 heteroatoms. The molecule has 0 unspecified atom stereocenters. The predicted molar refractivity (Wildman–Crippen MR) is 113 cm³/mol. The highest BCUT2D eigenvalue weighted by Crippen LogP contribution is 2.32. The number of amides is 1. The Morgan fingerprint density at radius 1 is 1.24 bits per heavy atom. The van der Waals surface area contributed by atoms with Crippen LogP contribution in [0.3, 0.4) is 0 Å². The Hall–Kier alpha value is -1.64. The SMILES string of the molecule is CCOCCCNC(=O)CN(C1CCCCC1)S(=O)(=O)c1cc(C)ccc1OC. The summed E-state index contributed by atoms with van der Waals surface area (Å²) in [6, 6.07) is 4.92. The van der Waals surface area contributed by atoms with Crippen molar-refractivity contribution in [1.29, 1.82) is 0 Å². The molecule has 29 heavy (non-hydrogen) atoms. The molecule has 1 fully saturated rings. The number of hydrogen-bond acceptors (Lipinski definition) is 5. The number of sulfonamides is 1. The van der Waals surface area contributed by atoms with Gasteiger partial charge in [0.2, 0.25) is 15.9 Å². The maximum absolute atomic E-state index is 13.6. The second-order valence-corrected chi connectivity index (χ2v) is 9.26. The molecule has 0 spiro atoms. The lowest BCUT2D eigenvalue weighted by Gasteiger charge is -2.33. The van der Waals surface area contributed by atoms with Crippen LogP contribution in [0.1, 0.15) is 51.0 Å². The molecule has 1 aliphatic carbocycles. The van der Waals surface area contributed by atoms with E-state index in [1.54, 1.807) is 12.1 Å². The van der Waals surface area contributed by atoms with Gasteiger partial charge in [-0.25, -0.2) is 8.42 Å². The molecule has 0 bridgehead atoms. The van der Waals surface area contributed by atoms with Crippen molar-refractivity contribution < 1.29 is 22.7 Å². The second-order valence-electron chi connectivity index (χ2n) is 7.40. The van der Waals surface area contributed by atoms with Gasteiger partial charge in [0.25, 0.3) is 0 Å². The molecule has 1 aliphatic rings. The molecular formula is C21H34N2O5S. The molecule has 1 amide bonds. The van der Waals surface area contributed by atoms with Crippen LogP contribution in [0.2, 0.25) is 0 Å². The summed E-state index contributed by atoms with van der Waals surface area (Å²) in [4.78, 5) is 12.7. The molecule has 164 valence electrons. The predicted octanol–water partition coefficient (Wildman–Crippen LogP) is 2.87. The van der Waals surface area contributed by atoms with Gasteiger partial charge < -0.3 is 14.8 Å². The lowest BCUT2D eigenvalue weighted by Crippen LogP contribution is -2.47. The fourth-order valence-electron chi connectivity index (χ4n) is 3.64. The van der Waals surface area contributed by atoms with Crippen molar-refractivity contribution in [3.63, 3.8) is 0 Å². The monoisotopic (exact) mass is 426 g/mol. The zero-order valence-corrected chi connectivity index (χ0v) is 18.6. The van der Waals surface area contributed by atoms with Gasteiger partial charge in [-0.1, -0.05) is 25.3 Å². The van der Waals surface area contributed by atoms with E-state index in [1.165, 1.54) is 11.4 Å². The van der Waals surface area contributed by atoms with E-state index in [9.17, 15) is 13.2 Å². The normalized spacial score (nSPS) is 15.4. The van der Waals surface area contributed by atoms with E-state index in [2.05, 4.69) is 5.32 Å². The summed E-state index contributed by atoms with van der Waals surface area (Å²) in [5, 5.41) is 2.82. The number of ether oxygens (including phenoxy) is 2. The van der Waals surface area contributed by atoms with Crippen LogP contribution in [0, 0.1) is 6.92 Å². The van der Waals surface area contributed by atoms with Gasteiger partial charge in [0.1, 0.15) is 10.6 Å². The summed E-state index contributed by atoms with van der Waals surface area (Å²) in [6.45, 7) is 5.26. The van der Waals surface area contributed by atoms with Gasteiger partial charge >= 0.3 is 0 Å². The Bertz CT molecular complexity index is 760. The first-order valence-corrected chi connectivity index (χ1v) is 11.8. The van der Waals surface area contributed by atoms with Gasteiger partial charge in [-0.15, -0.1) is 0 Å². The van der Waals surface area contributed by atoms with Crippen LogP contribution >= 0.6 is 0 Å². The molecule has 0 radical (unpaired) electrons. The Morgan fingerprint density at radius 3 is 2.62 bits per heavy atom. The largest absolute Gasteiger partial charge is 0.495 e. The van der Waals surface area contributed by atoms with E-state index in [-0.39, 0.29) is 23.4 Å². The minimum Gasteiger partial charge on any atom is -0.495 e. The van der Waals surface area contributed by atoms with E-state index in [0.29, 0.717) is 31.9 Å². The molecule has 1 saturated carbocycles. The van der Waals surface area contributed by atoms with E-state index >= 15 is 0 Å². The Morgan fingerprint density at radius 2 is 1.97 bits per heavy atom. The molecule has 7 nitrogen and oxygen atoms in total. The Labute approximate surface area is 174 Å². The van der Waals surface area contributed by atoms with E-state index < -0.39 is 10.0 Å². The maximum Gasteiger partial charge on any atom is 0.247 e. The summed E-state index contributed by atoms with van der Waals surface area (Å²) in [6.07, 6.45) is 5.27. The van der Waals surface area contributed by atoms with E-state index in [4.69, 9.17) is 9.47 Å². The van der Waals surface area contributed by atoms with Crippen molar-refractivity contribution in [2.45, 2.75) is 63.3 Å². The van der Waals surface area contributed by atoms with Crippen molar-refractivity contribution in [2.24, 2.45) is 0 Å². The first-order valence-electron chi connectivity index (χ1n) is 10.4. The molecule has 0 aliphatic heterocycles. The number of hydrogen-bond donors (Lipinski definition) is 1. The highest BCUT2D eigenvalue weighted by molar-refractivity contribution is 7.89. The number of benzene rings is 1. The standard InChI is InChI=1S/C21H34N2O5S/c1-4-28-14-8-13-22-21(24)16-23(18-9-6-5-7-10-18)29(25,26)20-15-17(2)11-12-19(20)27-3/h11-12,15,18H,4-10,13-14,16H2,1-3H3,(H,22,24). The molecule has 2 rings (SSSR count). The molecule has 1 N–H and O–H groups in total. The number of carbonyl (C=O) groups is 1. The van der Waals surface area contributed by atoms with Crippen LogP contribution in [0.15, 0.2) is 23.1 Å². The van der Waals surface area contributed by atoms with Gasteiger partial charge in [0.15, 0.2) is 0 Å². The molecule has 0 aromatic heterocycles. The van der Waals surface area contributed by atoms with Crippen LogP contribution < -0.4 is 10.1 Å². The average molecular weight is 427 g/mol. The molecular weight excluding hydrogens is 392 g/mol. The van der Waals surface area contributed by atoms with Gasteiger partial charge in [0, 0.05) is 25.8 Å². The fourth-order valence-corrected chi connectivity index (χ4v) is 5.52. The van der Waals surface area contributed by atoms with Gasteiger partial charge in [-0.05, 0) is 50.8 Å². The highest BCUT2D eigenvalue weighted by Gasteiger charge is 2.35. The smallest absolute Gasteiger partial charge is 0.247 e. The van der Waals surface area contributed by atoms with Crippen LogP contribution in [-0.2, 0) is 19.6 Å². The molecule has 0 saturated heterocycles. The number of rotatable bonds is 11. The van der Waals surface area contributed by atoms with Gasteiger partial charge in [-0.2, -0.15) is 4.31 Å². The third-order valence-electron chi connectivity index (χ3n) is 5.18. The average Bonchev–Trinajstić information content (AvgIpc) is 2.72. The van der Waals surface area contributed by atoms with Gasteiger partial charge in [-0.3, -0.25) is 4.79 Å². The van der Waals surface area contributed by atoms with Crippen molar-refractivity contribution >= 4 is 15.9 Å². The summed E-state index contributed by atoms with van der Waals surface area (Å²) >= 11 is 0. The molecule has 1 aromatic carbocycles. The molecule has 0 heterocycles. The number of carbonyl (C=O) groups excluding carboxylic acids is 1. The lowest BCUT2D eigenvalue weighted by atomic mass is 9.95. The number of nitrogens with zero attached hydrogens (tertiary/aromatic N) is 1. The summed E-state index contributed by atoms with van der Waals surface area (Å²) in [5.74, 6) is 0.01000. The topological polar surface area (TPSA) is 84.9 Å². The first-order chi connectivity index (χ1) is 13.9. The van der Waals surface area contributed by atoms with Crippen LogP contribution in [0.4, 0.5) is 0 Å². The number of aryl methyl sites for hydroxylation is 1.